The minimum absolute atomic E-state index is 0.0259. The smallest absolute Gasteiger partial charge is 0.383 e. The van der Waals surface area contributed by atoms with Crippen LogP contribution in [-0.2, 0) is 17.5 Å². The zero-order chi connectivity index (χ0) is 21.0. The van der Waals surface area contributed by atoms with Gasteiger partial charge in [-0.05, 0) is 24.3 Å². The zero-order valence-electron chi connectivity index (χ0n) is 15.5. The van der Waals surface area contributed by atoms with Crippen LogP contribution in [0.25, 0.3) is 10.9 Å². The molecule has 0 saturated carbocycles. The second-order valence-electron chi connectivity index (χ2n) is 6.29. The molecule has 0 aliphatic rings. The zero-order valence-corrected chi connectivity index (χ0v) is 15.5. The quantitative estimate of drug-likeness (QED) is 0.683. The Balaban J connectivity index is 1.97. The summed E-state index contributed by atoms with van der Waals surface area (Å²) in [5.41, 5.74) is -1.45. The van der Waals surface area contributed by atoms with Gasteiger partial charge < -0.3 is 14.6 Å². The molecule has 2 aromatic carbocycles. The molecule has 0 aliphatic carbocycles. The van der Waals surface area contributed by atoms with Gasteiger partial charge in [-0.15, -0.1) is 0 Å². The molecule has 1 amide bonds. The van der Waals surface area contributed by atoms with Crippen molar-refractivity contribution in [3.05, 3.63) is 75.8 Å². The number of rotatable bonds is 6. The van der Waals surface area contributed by atoms with Crippen LogP contribution in [0.15, 0.2) is 53.3 Å². The Hall–Kier alpha value is -3.20. The molecule has 152 valence electrons. The van der Waals surface area contributed by atoms with Gasteiger partial charge in [-0.2, -0.15) is 13.2 Å². The summed E-state index contributed by atoms with van der Waals surface area (Å²) in [5.74, 6) is -0.659. The molecular weight excluding hydrogens is 387 g/mol. The molecule has 0 saturated heterocycles. The fraction of sp³-hybridized carbons (Fsp3) is 0.250. The normalized spacial score (nSPS) is 11.6. The SMILES string of the molecule is COCCN(Cc1nc2ccccc2c(=O)[nH]1)C(=O)c1ccccc1C(F)(F)F. The molecule has 29 heavy (non-hydrogen) atoms. The molecule has 0 fully saturated rings. The number of hydrogen-bond acceptors (Lipinski definition) is 4. The van der Waals surface area contributed by atoms with E-state index in [1.54, 1.807) is 24.3 Å². The van der Waals surface area contributed by atoms with Crippen molar-refractivity contribution in [3.63, 3.8) is 0 Å². The van der Waals surface area contributed by atoms with E-state index in [0.717, 1.165) is 12.1 Å². The van der Waals surface area contributed by atoms with Crippen LogP contribution in [0.1, 0.15) is 21.7 Å². The number of nitrogens with one attached hydrogen (secondary N) is 1. The van der Waals surface area contributed by atoms with Crippen LogP contribution >= 0.6 is 0 Å². The Kier molecular flexibility index (Phi) is 5.97. The Labute approximate surface area is 163 Å². The largest absolute Gasteiger partial charge is 0.417 e. The molecule has 0 bridgehead atoms. The molecule has 3 aromatic rings. The average Bonchev–Trinajstić information content (AvgIpc) is 2.70. The number of nitrogens with zero attached hydrogens (tertiary/aromatic N) is 2. The van der Waals surface area contributed by atoms with E-state index in [4.69, 9.17) is 4.74 Å². The summed E-state index contributed by atoms with van der Waals surface area (Å²) in [6.45, 7) is -0.0374. The van der Waals surface area contributed by atoms with Gasteiger partial charge in [0.2, 0.25) is 0 Å². The lowest BCUT2D eigenvalue weighted by atomic mass is 10.1. The van der Waals surface area contributed by atoms with Crippen molar-refractivity contribution in [1.29, 1.82) is 0 Å². The predicted octanol–water partition coefficient (Wildman–Crippen LogP) is 3.23. The number of carbonyl (C=O) groups is 1. The van der Waals surface area contributed by atoms with E-state index in [1.807, 2.05) is 0 Å². The highest BCUT2D eigenvalue weighted by Gasteiger charge is 2.36. The van der Waals surface area contributed by atoms with E-state index >= 15 is 0 Å². The van der Waals surface area contributed by atoms with Gasteiger partial charge in [0.1, 0.15) is 5.82 Å². The van der Waals surface area contributed by atoms with E-state index in [0.29, 0.717) is 10.9 Å². The third-order valence-electron chi connectivity index (χ3n) is 4.32. The fourth-order valence-corrected chi connectivity index (χ4v) is 2.93. The Morgan fingerprint density at radius 1 is 1.14 bits per heavy atom. The molecule has 9 heteroatoms. The maximum Gasteiger partial charge on any atom is 0.417 e. The number of aromatic amines is 1. The first-order valence-electron chi connectivity index (χ1n) is 8.73. The number of methoxy groups -OCH3 is 1. The number of halogens is 3. The second kappa shape index (κ2) is 8.44. The molecule has 0 unspecified atom stereocenters. The van der Waals surface area contributed by atoms with Crippen LogP contribution in [0.5, 0.6) is 0 Å². The maximum atomic E-state index is 13.3. The minimum Gasteiger partial charge on any atom is -0.383 e. The summed E-state index contributed by atoms with van der Waals surface area (Å²) >= 11 is 0. The highest BCUT2D eigenvalue weighted by Crippen LogP contribution is 2.32. The van der Waals surface area contributed by atoms with Crippen molar-refractivity contribution >= 4 is 16.8 Å². The van der Waals surface area contributed by atoms with Crippen LogP contribution in [0.2, 0.25) is 0 Å². The Morgan fingerprint density at radius 2 is 1.83 bits per heavy atom. The van der Waals surface area contributed by atoms with Crippen molar-refractivity contribution in [2.24, 2.45) is 0 Å². The second-order valence-corrected chi connectivity index (χ2v) is 6.29. The van der Waals surface area contributed by atoms with Crippen molar-refractivity contribution in [3.8, 4) is 0 Å². The standard InChI is InChI=1S/C20H18F3N3O3/c1-29-11-10-26(19(28)13-6-2-4-8-15(13)20(21,22)23)12-17-24-16-9-5-3-7-14(16)18(27)25-17/h2-9H,10-12H2,1H3,(H,24,25,27). The number of hydrogen-bond donors (Lipinski definition) is 1. The molecule has 3 rings (SSSR count). The van der Waals surface area contributed by atoms with Gasteiger partial charge in [0, 0.05) is 13.7 Å². The van der Waals surface area contributed by atoms with Crippen molar-refractivity contribution in [2.45, 2.75) is 12.7 Å². The monoisotopic (exact) mass is 405 g/mol. The number of fused-ring (bicyclic) bond motifs is 1. The van der Waals surface area contributed by atoms with E-state index < -0.39 is 23.2 Å². The third kappa shape index (κ3) is 4.62. The topological polar surface area (TPSA) is 75.3 Å². The van der Waals surface area contributed by atoms with Crippen LogP contribution in [0, 0.1) is 0 Å². The Bertz CT molecular complexity index is 1080. The summed E-state index contributed by atoms with van der Waals surface area (Å²) in [6.07, 6.45) is -4.67. The Morgan fingerprint density at radius 3 is 2.55 bits per heavy atom. The number of amides is 1. The number of H-pyrrole nitrogens is 1. The fourth-order valence-electron chi connectivity index (χ4n) is 2.93. The molecule has 0 atom stereocenters. The molecule has 0 radical (unpaired) electrons. The first kappa shape index (κ1) is 20.5. The van der Waals surface area contributed by atoms with Gasteiger partial charge >= 0.3 is 6.18 Å². The first-order chi connectivity index (χ1) is 13.8. The van der Waals surface area contributed by atoms with Gasteiger partial charge in [-0.25, -0.2) is 4.98 Å². The summed E-state index contributed by atoms with van der Waals surface area (Å²) in [6, 6.07) is 11.2. The molecule has 1 heterocycles. The lowest BCUT2D eigenvalue weighted by molar-refractivity contribution is -0.138. The summed E-state index contributed by atoms with van der Waals surface area (Å²) in [5, 5.41) is 0.383. The van der Waals surface area contributed by atoms with Crippen molar-refractivity contribution in [1.82, 2.24) is 14.9 Å². The van der Waals surface area contributed by atoms with Crippen LogP contribution in [0.4, 0.5) is 13.2 Å². The molecular formula is C20H18F3N3O3. The van der Waals surface area contributed by atoms with Crippen LogP contribution in [-0.4, -0.2) is 41.0 Å². The lowest BCUT2D eigenvalue weighted by Crippen LogP contribution is -2.35. The minimum atomic E-state index is -4.67. The summed E-state index contributed by atoms with van der Waals surface area (Å²) < 4.78 is 44.9. The number of carbonyl (C=O) groups excluding carboxylic acids is 1. The number of para-hydroxylation sites is 1. The van der Waals surface area contributed by atoms with E-state index in [9.17, 15) is 22.8 Å². The molecule has 1 N–H and O–H groups in total. The number of benzene rings is 2. The molecule has 1 aromatic heterocycles. The first-order valence-corrected chi connectivity index (χ1v) is 8.73. The van der Waals surface area contributed by atoms with E-state index in [1.165, 1.54) is 24.1 Å². The van der Waals surface area contributed by atoms with Gasteiger partial charge in [0.15, 0.2) is 0 Å². The van der Waals surface area contributed by atoms with Crippen molar-refractivity contribution < 1.29 is 22.7 Å². The molecule has 0 spiro atoms. The highest BCUT2D eigenvalue weighted by molar-refractivity contribution is 5.96. The highest BCUT2D eigenvalue weighted by atomic mass is 19.4. The van der Waals surface area contributed by atoms with Crippen LogP contribution in [0.3, 0.4) is 0 Å². The number of aromatic nitrogens is 2. The lowest BCUT2D eigenvalue weighted by Gasteiger charge is -2.23. The van der Waals surface area contributed by atoms with Crippen LogP contribution < -0.4 is 5.56 Å². The average molecular weight is 405 g/mol. The van der Waals surface area contributed by atoms with Gasteiger partial charge in [0.25, 0.3) is 11.5 Å². The van der Waals surface area contributed by atoms with Crippen molar-refractivity contribution in [2.75, 3.05) is 20.3 Å². The number of ether oxygens (including phenoxy) is 1. The van der Waals surface area contributed by atoms with Gasteiger partial charge in [-0.3, -0.25) is 9.59 Å². The summed E-state index contributed by atoms with van der Waals surface area (Å²) in [4.78, 5) is 33.2. The van der Waals surface area contributed by atoms with Gasteiger partial charge in [0.05, 0.1) is 35.2 Å². The maximum absolute atomic E-state index is 13.3. The number of alkyl halides is 3. The van der Waals surface area contributed by atoms with E-state index in [-0.39, 0.29) is 31.1 Å². The van der Waals surface area contributed by atoms with Gasteiger partial charge in [-0.1, -0.05) is 24.3 Å². The predicted molar refractivity (Wildman–Crippen MR) is 100 cm³/mol. The molecule has 6 nitrogen and oxygen atoms in total. The third-order valence-corrected chi connectivity index (χ3v) is 4.32. The summed E-state index contributed by atoms with van der Waals surface area (Å²) in [7, 11) is 1.42. The molecule has 0 aliphatic heterocycles. The van der Waals surface area contributed by atoms with E-state index in [2.05, 4.69) is 9.97 Å².